The summed E-state index contributed by atoms with van der Waals surface area (Å²) in [6, 6.07) is 15.2. The molecular weight excluding hydrogens is 452 g/mol. The van der Waals surface area contributed by atoms with E-state index in [1.165, 1.54) is 5.56 Å². The molecular formula is C27H33ClN2O4. The van der Waals surface area contributed by atoms with Gasteiger partial charge in [0, 0.05) is 18.1 Å². The molecule has 0 atom stereocenters. The van der Waals surface area contributed by atoms with E-state index in [0.717, 1.165) is 37.9 Å². The molecule has 2 aromatic carbocycles. The van der Waals surface area contributed by atoms with Crippen LogP contribution in [0.2, 0.25) is 5.02 Å². The van der Waals surface area contributed by atoms with Crippen molar-refractivity contribution >= 4 is 23.4 Å². The van der Waals surface area contributed by atoms with Crippen LogP contribution in [0.5, 0.6) is 11.5 Å². The standard InChI is InChI=1S/C27H33ClN2O4/c28-22-9-6-10-23(19-22)34-20-25(31)30-16-13-27(14-17-30)12-5-1-2-7-21-8-3-4-11-24(21)33-18-15-29-26(27)32/h3-4,6,8-11,19H,1-2,5,7,12-18,20H2,(H,29,32). The minimum atomic E-state index is -0.425. The van der Waals surface area contributed by atoms with Crippen LogP contribution < -0.4 is 14.8 Å². The van der Waals surface area contributed by atoms with Crippen molar-refractivity contribution in [3.8, 4) is 11.5 Å². The molecule has 1 N–H and O–H groups in total. The van der Waals surface area contributed by atoms with E-state index in [9.17, 15) is 9.59 Å². The zero-order valence-electron chi connectivity index (χ0n) is 19.6. The van der Waals surface area contributed by atoms with E-state index < -0.39 is 5.41 Å². The van der Waals surface area contributed by atoms with E-state index in [-0.39, 0.29) is 18.4 Å². The van der Waals surface area contributed by atoms with E-state index in [2.05, 4.69) is 11.4 Å². The summed E-state index contributed by atoms with van der Waals surface area (Å²) in [5, 5.41) is 3.68. The fourth-order valence-electron chi connectivity index (χ4n) is 4.89. The van der Waals surface area contributed by atoms with Gasteiger partial charge >= 0.3 is 0 Å². The predicted molar refractivity (Wildman–Crippen MR) is 132 cm³/mol. The topological polar surface area (TPSA) is 67.9 Å². The molecule has 2 aromatic rings. The summed E-state index contributed by atoms with van der Waals surface area (Å²) in [6.07, 6.45) is 6.32. The minimum Gasteiger partial charge on any atom is -0.491 e. The molecule has 0 saturated carbocycles. The molecule has 6 nitrogen and oxygen atoms in total. The number of ether oxygens (including phenoxy) is 2. The number of aryl methyl sites for hydroxylation is 1. The highest BCUT2D eigenvalue weighted by Crippen LogP contribution is 2.37. The first-order valence-corrected chi connectivity index (χ1v) is 12.6. The maximum Gasteiger partial charge on any atom is 0.260 e. The molecule has 2 amide bonds. The maximum atomic E-state index is 13.3. The SMILES string of the molecule is O=C(COc1cccc(Cl)c1)N1CCC2(CCCCCc3ccccc3OCCNC2=O)CC1. The summed E-state index contributed by atoms with van der Waals surface area (Å²) in [4.78, 5) is 27.8. The van der Waals surface area contributed by atoms with Crippen LogP contribution in [0.4, 0.5) is 0 Å². The van der Waals surface area contributed by atoms with Gasteiger partial charge in [0.05, 0.1) is 12.0 Å². The summed E-state index contributed by atoms with van der Waals surface area (Å²) in [7, 11) is 0. The van der Waals surface area contributed by atoms with Gasteiger partial charge in [0.15, 0.2) is 6.61 Å². The Morgan fingerprint density at radius 3 is 2.71 bits per heavy atom. The Hall–Kier alpha value is -2.73. The molecule has 0 radical (unpaired) electrons. The van der Waals surface area contributed by atoms with Crippen LogP contribution in [0.1, 0.15) is 44.1 Å². The maximum absolute atomic E-state index is 13.3. The van der Waals surface area contributed by atoms with E-state index in [4.69, 9.17) is 21.1 Å². The number of carbonyl (C=O) groups is 2. The monoisotopic (exact) mass is 484 g/mol. The third-order valence-electron chi connectivity index (χ3n) is 6.93. The van der Waals surface area contributed by atoms with Crippen molar-refractivity contribution < 1.29 is 19.1 Å². The number of hydrogen-bond acceptors (Lipinski definition) is 4. The number of para-hydroxylation sites is 1. The summed E-state index contributed by atoms with van der Waals surface area (Å²) < 4.78 is 11.6. The fourth-order valence-corrected chi connectivity index (χ4v) is 5.07. The minimum absolute atomic E-state index is 0.0303. The smallest absolute Gasteiger partial charge is 0.260 e. The van der Waals surface area contributed by atoms with E-state index in [0.29, 0.717) is 49.9 Å². The first-order chi connectivity index (χ1) is 16.6. The zero-order chi connectivity index (χ0) is 23.8. The largest absolute Gasteiger partial charge is 0.491 e. The Labute approximate surface area is 206 Å². The summed E-state index contributed by atoms with van der Waals surface area (Å²) in [6.45, 7) is 2.02. The second-order valence-electron chi connectivity index (χ2n) is 9.18. The lowest BCUT2D eigenvalue weighted by Gasteiger charge is -2.40. The highest BCUT2D eigenvalue weighted by atomic mass is 35.5. The number of likely N-dealkylation sites (tertiary alicyclic amines) is 1. The van der Waals surface area contributed by atoms with E-state index >= 15 is 0 Å². The van der Waals surface area contributed by atoms with Crippen molar-refractivity contribution in [2.45, 2.75) is 44.9 Å². The first-order valence-electron chi connectivity index (χ1n) is 12.2. The molecule has 34 heavy (non-hydrogen) atoms. The first kappa shape index (κ1) is 24.4. The number of benzene rings is 2. The molecule has 0 aliphatic carbocycles. The van der Waals surface area contributed by atoms with Crippen LogP contribution >= 0.6 is 11.6 Å². The Morgan fingerprint density at radius 1 is 1.06 bits per heavy atom. The normalized spacial score (nSPS) is 19.0. The van der Waals surface area contributed by atoms with Crippen molar-refractivity contribution in [3.63, 3.8) is 0 Å². The number of nitrogens with zero attached hydrogens (tertiary/aromatic N) is 1. The number of amides is 2. The molecule has 1 saturated heterocycles. The van der Waals surface area contributed by atoms with E-state index in [1.54, 1.807) is 24.3 Å². The molecule has 1 fully saturated rings. The molecule has 1 spiro atoms. The number of nitrogens with one attached hydrogen (secondary N) is 1. The molecule has 4 rings (SSSR count). The van der Waals surface area contributed by atoms with Crippen molar-refractivity contribution in [1.82, 2.24) is 10.2 Å². The molecule has 2 aliphatic heterocycles. The average molecular weight is 485 g/mol. The Kier molecular flexibility index (Phi) is 8.33. The highest BCUT2D eigenvalue weighted by Gasteiger charge is 2.41. The van der Waals surface area contributed by atoms with Crippen LogP contribution in [-0.4, -0.2) is 49.6 Å². The third kappa shape index (κ3) is 6.23. The Balaban J connectivity index is 1.32. The Bertz CT molecular complexity index is 988. The molecule has 182 valence electrons. The van der Waals surface area contributed by atoms with Crippen LogP contribution in [0.25, 0.3) is 0 Å². The summed E-state index contributed by atoms with van der Waals surface area (Å²) >= 11 is 5.98. The molecule has 7 heteroatoms. The van der Waals surface area contributed by atoms with Crippen molar-refractivity contribution in [2.75, 3.05) is 32.8 Å². The van der Waals surface area contributed by atoms with Gasteiger partial charge in [0.1, 0.15) is 18.1 Å². The molecule has 2 heterocycles. The number of rotatable bonds is 3. The summed E-state index contributed by atoms with van der Waals surface area (Å²) in [5.74, 6) is 1.52. The second-order valence-corrected chi connectivity index (χ2v) is 9.62. The number of carbonyl (C=O) groups excluding carboxylic acids is 2. The van der Waals surface area contributed by atoms with Gasteiger partial charge in [-0.1, -0.05) is 48.7 Å². The van der Waals surface area contributed by atoms with E-state index in [1.807, 2.05) is 23.1 Å². The van der Waals surface area contributed by atoms with Crippen molar-refractivity contribution in [2.24, 2.45) is 5.41 Å². The molecule has 0 unspecified atom stereocenters. The van der Waals surface area contributed by atoms with Crippen LogP contribution in [0, 0.1) is 5.41 Å². The lowest BCUT2D eigenvalue weighted by molar-refractivity contribution is -0.142. The predicted octanol–water partition coefficient (Wildman–Crippen LogP) is 4.64. The lowest BCUT2D eigenvalue weighted by Crippen LogP contribution is -2.51. The highest BCUT2D eigenvalue weighted by molar-refractivity contribution is 6.30. The van der Waals surface area contributed by atoms with Gasteiger partial charge in [-0.05, 0) is 61.9 Å². The van der Waals surface area contributed by atoms with Gasteiger partial charge in [0.2, 0.25) is 5.91 Å². The third-order valence-corrected chi connectivity index (χ3v) is 7.17. The van der Waals surface area contributed by atoms with Gasteiger partial charge in [-0.15, -0.1) is 0 Å². The number of piperidine rings is 1. The number of halogens is 1. The number of hydrogen-bond donors (Lipinski definition) is 1. The Morgan fingerprint density at radius 2 is 1.88 bits per heavy atom. The molecule has 0 aromatic heterocycles. The van der Waals surface area contributed by atoms with Gasteiger partial charge in [-0.25, -0.2) is 0 Å². The van der Waals surface area contributed by atoms with Gasteiger partial charge < -0.3 is 19.7 Å². The number of fused-ring (bicyclic) bond motifs is 1. The quantitative estimate of drug-likeness (QED) is 0.689. The zero-order valence-corrected chi connectivity index (χ0v) is 20.3. The molecule has 0 bridgehead atoms. The van der Waals surface area contributed by atoms with Crippen LogP contribution in [0.3, 0.4) is 0 Å². The van der Waals surface area contributed by atoms with Crippen molar-refractivity contribution in [3.05, 3.63) is 59.1 Å². The second kappa shape index (κ2) is 11.6. The van der Waals surface area contributed by atoms with Gasteiger partial charge in [0.25, 0.3) is 5.91 Å². The average Bonchev–Trinajstić information content (AvgIpc) is 2.86. The lowest BCUT2D eigenvalue weighted by atomic mass is 9.73. The van der Waals surface area contributed by atoms with Gasteiger partial charge in [-0.2, -0.15) is 0 Å². The van der Waals surface area contributed by atoms with Crippen LogP contribution in [-0.2, 0) is 16.0 Å². The van der Waals surface area contributed by atoms with Crippen molar-refractivity contribution in [1.29, 1.82) is 0 Å². The van der Waals surface area contributed by atoms with Gasteiger partial charge in [-0.3, -0.25) is 9.59 Å². The summed E-state index contributed by atoms with van der Waals surface area (Å²) in [5.41, 5.74) is 0.806. The fraction of sp³-hybridized carbons (Fsp3) is 0.481. The van der Waals surface area contributed by atoms with Crippen LogP contribution in [0.15, 0.2) is 48.5 Å². The molecule has 2 aliphatic rings.